The van der Waals surface area contributed by atoms with Crippen LogP contribution in [0.5, 0.6) is 11.5 Å². The molecule has 1 aliphatic rings. The topological polar surface area (TPSA) is 41.9 Å². The Kier molecular flexibility index (Phi) is 5.07. The summed E-state index contributed by atoms with van der Waals surface area (Å²) in [4.78, 5) is 2.30. The molecule has 0 radical (unpaired) electrons. The molecular weight excluding hydrogens is 310 g/mol. The van der Waals surface area contributed by atoms with Gasteiger partial charge in [0.05, 0.1) is 25.3 Å². The highest BCUT2D eigenvalue weighted by atomic mass is 79.9. The molecule has 0 saturated carbocycles. The third-order valence-corrected chi connectivity index (χ3v) is 4.26. The fourth-order valence-corrected chi connectivity index (χ4v) is 3.06. The Balaban J connectivity index is 2.23. The molecule has 106 valence electrons. The lowest BCUT2D eigenvalue weighted by atomic mass is 10.1. The van der Waals surface area contributed by atoms with Crippen LogP contribution in [0, 0.1) is 0 Å². The molecule has 19 heavy (non-hydrogen) atoms. The van der Waals surface area contributed by atoms with Gasteiger partial charge >= 0.3 is 0 Å². The van der Waals surface area contributed by atoms with Crippen LogP contribution in [0.4, 0.5) is 0 Å². The van der Waals surface area contributed by atoms with E-state index in [0.29, 0.717) is 0 Å². The van der Waals surface area contributed by atoms with E-state index in [-0.39, 0.29) is 12.6 Å². The number of nitrogens with zero attached hydrogens (tertiary/aromatic N) is 1. The maximum atomic E-state index is 9.38. The Morgan fingerprint density at radius 2 is 2.05 bits per heavy atom. The first-order valence-electron chi connectivity index (χ1n) is 6.45. The van der Waals surface area contributed by atoms with Gasteiger partial charge < -0.3 is 14.6 Å². The highest BCUT2D eigenvalue weighted by molar-refractivity contribution is 9.10. The Bertz CT molecular complexity index is 439. The van der Waals surface area contributed by atoms with Crippen LogP contribution in [0.25, 0.3) is 0 Å². The molecule has 2 rings (SSSR count). The van der Waals surface area contributed by atoms with Gasteiger partial charge in [-0.25, -0.2) is 0 Å². The maximum absolute atomic E-state index is 9.38. The van der Waals surface area contributed by atoms with Crippen molar-refractivity contribution >= 4 is 15.9 Å². The fourth-order valence-electron chi connectivity index (χ4n) is 2.58. The molecule has 0 aromatic heterocycles. The normalized spacial score (nSPS) is 19.7. The summed E-state index contributed by atoms with van der Waals surface area (Å²) in [5.74, 6) is 1.65. The number of ether oxygens (including phenoxy) is 2. The van der Waals surface area contributed by atoms with Crippen LogP contribution in [-0.2, 0) is 6.54 Å². The lowest BCUT2D eigenvalue weighted by Crippen LogP contribution is -2.31. The summed E-state index contributed by atoms with van der Waals surface area (Å²) in [5, 5.41) is 9.38. The molecule has 1 aromatic carbocycles. The summed E-state index contributed by atoms with van der Waals surface area (Å²) in [7, 11) is 3.33. The summed E-state index contributed by atoms with van der Waals surface area (Å²) in [6.45, 7) is 2.01. The van der Waals surface area contributed by atoms with Crippen molar-refractivity contribution in [2.24, 2.45) is 0 Å². The summed E-state index contributed by atoms with van der Waals surface area (Å²) >= 11 is 3.46. The number of hydrogen-bond acceptors (Lipinski definition) is 4. The molecule has 5 heteroatoms. The second kappa shape index (κ2) is 6.59. The Morgan fingerprint density at radius 3 is 2.68 bits per heavy atom. The number of hydrogen-bond donors (Lipinski definition) is 1. The zero-order chi connectivity index (χ0) is 13.8. The highest BCUT2D eigenvalue weighted by Crippen LogP contribution is 2.34. The Labute approximate surface area is 122 Å². The molecule has 1 heterocycles. The largest absolute Gasteiger partial charge is 0.496 e. The van der Waals surface area contributed by atoms with E-state index in [0.717, 1.165) is 47.5 Å². The lowest BCUT2D eigenvalue weighted by molar-refractivity contribution is 0.152. The number of aliphatic hydroxyl groups is 1. The molecule has 1 N–H and O–H groups in total. The van der Waals surface area contributed by atoms with E-state index in [2.05, 4.69) is 20.8 Å². The summed E-state index contributed by atoms with van der Waals surface area (Å²) in [5.41, 5.74) is 1.09. The summed E-state index contributed by atoms with van der Waals surface area (Å²) < 4.78 is 11.6. The van der Waals surface area contributed by atoms with Gasteiger partial charge in [-0.15, -0.1) is 0 Å². The Hall–Kier alpha value is -0.780. The van der Waals surface area contributed by atoms with Crippen LogP contribution < -0.4 is 9.47 Å². The van der Waals surface area contributed by atoms with Crippen LogP contribution in [0.1, 0.15) is 18.4 Å². The van der Waals surface area contributed by atoms with Gasteiger partial charge in [0.1, 0.15) is 11.5 Å². The SMILES string of the molecule is COc1cc(CN2CCCC2CO)c(OC)cc1Br. The molecule has 1 aromatic rings. The van der Waals surface area contributed by atoms with E-state index < -0.39 is 0 Å². The zero-order valence-corrected chi connectivity index (χ0v) is 12.9. The summed E-state index contributed by atoms with van der Waals surface area (Å²) in [6, 6.07) is 4.19. The van der Waals surface area contributed by atoms with E-state index in [1.165, 1.54) is 0 Å². The van der Waals surface area contributed by atoms with Gasteiger partial charge in [0, 0.05) is 18.2 Å². The molecule has 1 fully saturated rings. The van der Waals surface area contributed by atoms with Crippen molar-refractivity contribution in [1.29, 1.82) is 0 Å². The van der Waals surface area contributed by atoms with Crippen molar-refractivity contribution in [3.63, 3.8) is 0 Å². The predicted molar refractivity (Wildman–Crippen MR) is 77.8 cm³/mol. The number of methoxy groups -OCH3 is 2. The second-order valence-corrected chi connectivity index (χ2v) is 5.60. The average molecular weight is 330 g/mol. The minimum atomic E-state index is 0.218. The van der Waals surface area contributed by atoms with E-state index in [1.807, 2.05) is 12.1 Å². The van der Waals surface area contributed by atoms with Gasteiger partial charge in [-0.05, 0) is 47.4 Å². The van der Waals surface area contributed by atoms with Gasteiger partial charge in [-0.1, -0.05) is 0 Å². The molecule has 0 spiro atoms. The Morgan fingerprint density at radius 1 is 1.32 bits per heavy atom. The molecule has 1 aliphatic heterocycles. The minimum Gasteiger partial charge on any atom is -0.496 e. The number of benzene rings is 1. The molecule has 4 nitrogen and oxygen atoms in total. The standard InChI is InChI=1S/C14H20BrNO3/c1-18-13-7-12(15)14(19-2)6-10(13)8-16-5-3-4-11(16)9-17/h6-7,11,17H,3-5,8-9H2,1-2H3. The molecular formula is C14H20BrNO3. The van der Waals surface area contributed by atoms with Crippen molar-refractivity contribution in [3.8, 4) is 11.5 Å². The maximum Gasteiger partial charge on any atom is 0.133 e. The van der Waals surface area contributed by atoms with Gasteiger partial charge in [0.2, 0.25) is 0 Å². The van der Waals surface area contributed by atoms with Crippen molar-refractivity contribution in [1.82, 2.24) is 4.90 Å². The molecule has 0 amide bonds. The number of rotatable bonds is 5. The fraction of sp³-hybridized carbons (Fsp3) is 0.571. The quantitative estimate of drug-likeness (QED) is 0.900. The van der Waals surface area contributed by atoms with Gasteiger partial charge in [-0.2, -0.15) is 0 Å². The number of likely N-dealkylation sites (tertiary alicyclic amines) is 1. The van der Waals surface area contributed by atoms with Crippen molar-refractivity contribution in [2.45, 2.75) is 25.4 Å². The van der Waals surface area contributed by atoms with Gasteiger partial charge in [-0.3, -0.25) is 4.90 Å². The van der Waals surface area contributed by atoms with Crippen LogP contribution in [0.2, 0.25) is 0 Å². The molecule has 1 saturated heterocycles. The molecule has 0 aliphatic carbocycles. The lowest BCUT2D eigenvalue weighted by Gasteiger charge is -2.24. The average Bonchev–Trinajstić information content (AvgIpc) is 2.87. The molecule has 1 unspecified atom stereocenters. The molecule has 1 atom stereocenters. The summed E-state index contributed by atoms with van der Waals surface area (Å²) in [6.07, 6.45) is 2.20. The highest BCUT2D eigenvalue weighted by Gasteiger charge is 2.25. The van der Waals surface area contributed by atoms with Crippen molar-refractivity contribution in [3.05, 3.63) is 22.2 Å². The predicted octanol–water partition coefficient (Wildman–Crippen LogP) is 2.42. The van der Waals surface area contributed by atoms with Crippen molar-refractivity contribution < 1.29 is 14.6 Å². The first kappa shape index (κ1) is 14.6. The van der Waals surface area contributed by atoms with Crippen LogP contribution in [0.15, 0.2) is 16.6 Å². The van der Waals surface area contributed by atoms with Crippen LogP contribution in [0.3, 0.4) is 0 Å². The van der Waals surface area contributed by atoms with E-state index in [4.69, 9.17) is 9.47 Å². The number of aliphatic hydroxyl groups excluding tert-OH is 1. The number of halogens is 1. The monoisotopic (exact) mass is 329 g/mol. The van der Waals surface area contributed by atoms with Gasteiger partial charge in [0.25, 0.3) is 0 Å². The van der Waals surface area contributed by atoms with E-state index >= 15 is 0 Å². The van der Waals surface area contributed by atoms with Crippen molar-refractivity contribution in [2.75, 3.05) is 27.4 Å². The smallest absolute Gasteiger partial charge is 0.133 e. The third kappa shape index (κ3) is 3.22. The van der Waals surface area contributed by atoms with Gasteiger partial charge in [0.15, 0.2) is 0 Å². The van der Waals surface area contributed by atoms with E-state index in [9.17, 15) is 5.11 Å². The van der Waals surface area contributed by atoms with E-state index in [1.54, 1.807) is 14.2 Å². The third-order valence-electron chi connectivity index (χ3n) is 3.64. The van der Waals surface area contributed by atoms with Crippen LogP contribution >= 0.6 is 15.9 Å². The zero-order valence-electron chi connectivity index (χ0n) is 11.4. The second-order valence-electron chi connectivity index (χ2n) is 4.75. The molecule has 0 bridgehead atoms. The first-order chi connectivity index (χ1) is 9.19. The minimum absolute atomic E-state index is 0.218. The first-order valence-corrected chi connectivity index (χ1v) is 7.24. The van der Waals surface area contributed by atoms with Crippen LogP contribution in [-0.4, -0.2) is 43.4 Å².